The lowest BCUT2D eigenvalue weighted by molar-refractivity contribution is 0.102. The largest absolute Gasteiger partial charge is 0.397 e. The van der Waals surface area contributed by atoms with Crippen LogP contribution in [-0.2, 0) is 0 Å². The van der Waals surface area contributed by atoms with E-state index >= 15 is 0 Å². The highest BCUT2D eigenvalue weighted by atomic mass is 79.9. The van der Waals surface area contributed by atoms with E-state index < -0.39 is 0 Å². The molecular weight excluding hydrogens is 340 g/mol. The highest BCUT2D eigenvalue weighted by molar-refractivity contribution is 9.10. The van der Waals surface area contributed by atoms with Crippen molar-refractivity contribution in [1.29, 1.82) is 0 Å². The number of rotatable bonds is 2. The minimum Gasteiger partial charge on any atom is -0.397 e. The van der Waals surface area contributed by atoms with Gasteiger partial charge in [-0.15, -0.1) is 0 Å². The molecule has 3 nitrogen and oxygen atoms in total. The number of nitrogens with two attached hydrogens (primary N) is 1. The van der Waals surface area contributed by atoms with Crippen LogP contribution in [0.15, 0.2) is 34.8 Å². The van der Waals surface area contributed by atoms with Gasteiger partial charge in [-0.2, -0.15) is 0 Å². The van der Waals surface area contributed by atoms with E-state index in [1.807, 2.05) is 26.0 Å². The predicted octanol–water partition coefficient (Wildman–Crippen LogP) is 4.55. The summed E-state index contributed by atoms with van der Waals surface area (Å²) >= 11 is 9.25. The Morgan fingerprint density at radius 2 is 1.85 bits per heavy atom. The molecule has 0 aliphatic heterocycles. The fraction of sp³-hybridized carbons (Fsp3) is 0.133. The second kappa shape index (κ2) is 5.85. The van der Waals surface area contributed by atoms with E-state index in [0.717, 1.165) is 11.1 Å². The number of anilines is 2. The lowest BCUT2D eigenvalue weighted by Crippen LogP contribution is -2.14. The number of hydrogen-bond donors (Lipinski definition) is 2. The first kappa shape index (κ1) is 14.9. The van der Waals surface area contributed by atoms with Crippen LogP contribution in [0.3, 0.4) is 0 Å². The molecule has 0 aliphatic rings. The zero-order valence-corrected chi connectivity index (χ0v) is 13.5. The van der Waals surface area contributed by atoms with Gasteiger partial charge in [0.15, 0.2) is 0 Å². The highest BCUT2D eigenvalue weighted by Gasteiger charge is 2.13. The number of amides is 1. The molecule has 0 radical (unpaired) electrons. The van der Waals surface area contributed by atoms with Crippen molar-refractivity contribution in [2.45, 2.75) is 13.8 Å². The quantitative estimate of drug-likeness (QED) is 0.778. The Morgan fingerprint density at radius 3 is 2.55 bits per heavy atom. The minimum absolute atomic E-state index is 0.255. The molecule has 20 heavy (non-hydrogen) atoms. The third-order valence-corrected chi connectivity index (χ3v) is 4.01. The molecule has 0 fully saturated rings. The van der Waals surface area contributed by atoms with Gasteiger partial charge in [-0.25, -0.2) is 0 Å². The van der Waals surface area contributed by atoms with Crippen LogP contribution in [-0.4, -0.2) is 5.91 Å². The van der Waals surface area contributed by atoms with Crippen LogP contribution in [0.2, 0.25) is 5.02 Å². The molecule has 0 spiro atoms. The number of nitrogen functional groups attached to an aromatic ring is 1. The summed E-state index contributed by atoms with van der Waals surface area (Å²) in [6.45, 7) is 3.95. The van der Waals surface area contributed by atoms with Crippen molar-refractivity contribution in [1.82, 2.24) is 0 Å². The Labute approximate surface area is 131 Å². The number of benzene rings is 2. The van der Waals surface area contributed by atoms with Crippen LogP contribution >= 0.6 is 27.5 Å². The van der Waals surface area contributed by atoms with Gasteiger partial charge in [-0.1, -0.05) is 11.6 Å². The Kier molecular flexibility index (Phi) is 4.35. The van der Waals surface area contributed by atoms with Crippen LogP contribution in [0.5, 0.6) is 0 Å². The first-order chi connectivity index (χ1) is 9.38. The number of hydrogen-bond acceptors (Lipinski definition) is 2. The van der Waals surface area contributed by atoms with Crippen molar-refractivity contribution in [3.8, 4) is 0 Å². The molecule has 0 saturated heterocycles. The molecule has 5 heteroatoms. The standard InChI is InChI=1S/C15H14BrClN2O/c1-8-5-13(18)14(6-9(8)2)19-15(20)11-7-10(17)3-4-12(11)16/h3-7H,18H2,1-2H3,(H,19,20). The molecule has 0 aliphatic carbocycles. The Bertz CT molecular complexity index is 686. The van der Waals surface area contributed by atoms with E-state index in [2.05, 4.69) is 21.2 Å². The molecule has 0 unspecified atom stereocenters. The Hall–Kier alpha value is -1.52. The van der Waals surface area contributed by atoms with Crippen LogP contribution in [0, 0.1) is 13.8 Å². The molecule has 104 valence electrons. The third-order valence-electron chi connectivity index (χ3n) is 3.09. The summed E-state index contributed by atoms with van der Waals surface area (Å²) in [5.41, 5.74) is 9.70. The molecule has 2 aromatic rings. The summed E-state index contributed by atoms with van der Waals surface area (Å²) in [5.74, 6) is -0.255. The zero-order chi connectivity index (χ0) is 14.9. The van der Waals surface area contributed by atoms with Crippen molar-refractivity contribution >= 4 is 44.8 Å². The molecule has 0 bridgehead atoms. The van der Waals surface area contributed by atoms with Gasteiger partial charge in [0.2, 0.25) is 0 Å². The maximum Gasteiger partial charge on any atom is 0.256 e. The summed E-state index contributed by atoms with van der Waals surface area (Å²) in [6.07, 6.45) is 0. The minimum atomic E-state index is -0.255. The van der Waals surface area contributed by atoms with E-state index in [1.54, 1.807) is 18.2 Å². The van der Waals surface area contributed by atoms with E-state index in [1.165, 1.54) is 0 Å². The van der Waals surface area contributed by atoms with E-state index in [9.17, 15) is 4.79 Å². The molecule has 2 aromatic carbocycles. The third kappa shape index (κ3) is 3.14. The van der Waals surface area contributed by atoms with Gasteiger partial charge in [0.05, 0.1) is 16.9 Å². The fourth-order valence-electron chi connectivity index (χ4n) is 1.81. The average Bonchev–Trinajstić information content (AvgIpc) is 2.38. The van der Waals surface area contributed by atoms with Crippen LogP contribution < -0.4 is 11.1 Å². The predicted molar refractivity (Wildman–Crippen MR) is 87.4 cm³/mol. The molecule has 3 N–H and O–H groups in total. The molecule has 1 amide bonds. The first-order valence-corrected chi connectivity index (χ1v) is 7.18. The summed E-state index contributed by atoms with van der Waals surface area (Å²) in [7, 11) is 0. The second-order valence-corrected chi connectivity index (χ2v) is 5.89. The van der Waals surface area contributed by atoms with Gasteiger partial charge in [-0.05, 0) is 71.2 Å². The van der Waals surface area contributed by atoms with Gasteiger partial charge >= 0.3 is 0 Å². The van der Waals surface area contributed by atoms with E-state index in [-0.39, 0.29) is 5.91 Å². The summed E-state index contributed by atoms with van der Waals surface area (Å²) in [5, 5.41) is 3.32. The van der Waals surface area contributed by atoms with Gasteiger partial charge in [0.25, 0.3) is 5.91 Å². The average molecular weight is 354 g/mol. The Balaban J connectivity index is 2.32. The van der Waals surface area contributed by atoms with Gasteiger partial charge < -0.3 is 11.1 Å². The monoisotopic (exact) mass is 352 g/mol. The number of carbonyl (C=O) groups is 1. The number of aryl methyl sites for hydroxylation is 2. The maximum absolute atomic E-state index is 12.3. The Morgan fingerprint density at radius 1 is 1.20 bits per heavy atom. The molecule has 0 atom stereocenters. The number of halogens is 2. The van der Waals surface area contributed by atoms with Crippen molar-refractivity contribution in [3.05, 3.63) is 56.5 Å². The summed E-state index contributed by atoms with van der Waals surface area (Å²) < 4.78 is 0.682. The molecular formula is C15H14BrClN2O. The van der Waals surface area contributed by atoms with Crippen LogP contribution in [0.1, 0.15) is 21.5 Å². The lowest BCUT2D eigenvalue weighted by Gasteiger charge is -2.12. The van der Waals surface area contributed by atoms with E-state index in [0.29, 0.717) is 26.4 Å². The fourth-order valence-corrected chi connectivity index (χ4v) is 2.41. The first-order valence-electron chi connectivity index (χ1n) is 6.01. The maximum atomic E-state index is 12.3. The topological polar surface area (TPSA) is 55.1 Å². The van der Waals surface area contributed by atoms with Gasteiger partial charge in [-0.3, -0.25) is 4.79 Å². The summed E-state index contributed by atoms with van der Waals surface area (Å²) in [6, 6.07) is 8.77. The lowest BCUT2D eigenvalue weighted by atomic mass is 10.1. The van der Waals surface area contributed by atoms with Crippen molar-refractivity contribution < 1.29 is 4.79 Å². The SMILES string of the molecule is Cc1cc(N)c(NC(=O)c2cc(Cl)ccc2Br)cc1C. The molecule has 0 saturated carbocycles. The second-order valence-electron chi connectivity index (χ2n) is 4.60. The summed E-state index contributed by atoms with van der Waals surface area (Å²) in [4.78, 5) is 12.3. The molecule has 2 rings (SSSR count). The van der Waals surface area contributed by atoms with Crippen molar-refractivity contribution in [3.63, 3.8) is 0 Å². The van der Waals surface area contributed by atoms with Crippen LogP contribution in [0.4, 0.5) is 11.4 Å². The zero-order valence-electron chi connectivity index (χ0n) is 11.1. The molecule has 0 aromatic heterocycles. The smallest absolute Gasteiger partial charge is 0.256 e. The van der Waals surface area contributed by atoms with Crippen molar-refractivity contribution in [2.24, 2.45) is 0 Å². The molecule has 0 heterocycles. The van der Waals surface area contributed by atoms with Crippen molar-refractivity contribution in [2.75, 3.05) is 11.1 Å². The highest BCUT2D eigenvalue weighted by Crippen LogP contribution is 2.26. The number of nitrogens with one attached hydrogen (secondary N) is 1. The van der Waals surface area contributed by atoms with Gasteiger partial charge in [0.1, 0.15) is 0 Å². The van der Waals surface area contributed by atoms with Crippen LogP contribution in [0.25, 0.3) is 0 Å². The normalized spacial score (nSPS) is 10.4. The van der Waals surface area contributed by atoms with Gasteiger partial charge in [0, 0.05) is 9.50 Å². The number of carbonyl (C=O) groups excluding carboxylic acids is 1. The van der Waals surface area contributed by atoms with E-state index in [4.69, 9.17) is 17.3 Å².